The number of aromatic nitrogens is 2. The summed E-state index contributed by atoms with van der Waals surface area (Å²) in [4.78, 5) is 40.4. The van der Waals surface area contributed by atoms with Gasteiger partial charge in [0, 0.05) is 6.54 Å². The van der Waals surface area contributed by atoms with Crippen LogP contribution in [0.25, 0.3) is 5.69 Å². The van der Waals surface area contributed by atoms with Gasteiger partial charge >= 0.3 is 11.7 Å². The van der Waals surface area contributed by atoms with Gasteiger partial charge in [-0.15, -0.1) is 0 Å². The van der Waals surface area contributed by atoms with Crippen LogP contribution < -0.4 is 11.2 Å². The van der Waals surface area contributed by atoms with E-state index in [-0.39, 0.29) is 17.8 Å². The molecule has 0 amide bonds. The van der Waals surface area contributed by atoms with Crippen molar-refractivity contribution in [3.63, 3.8) is 0 Å². The molecule has 0 aliphatic carbocycles. The maximum absolute atomic E-state index is 12.8. The van der Waals surface area contributed by atoms with Gasteiger partial charge in [-0.1, -0.05) is 12.1 Å². The van der Waals surface area contributed by atoms with E-state index in [2.05, 4.69) is 4.98 Å². The van der Waals surface area contributed by atoms with Crippen LogP contribution in [0.3, 0.4) is 0 Å². The minimum absolute atomic E-state index is 0.0445. The summed E-state index contributed by atoms with van der Waals surface area (Å²) >= 11 is 0. The molecule has 122 valence electrons. The molecule has 7 heteroatoms. The van der Waals surface area contributed by atoms with Crippen molar-refractivity contribution in [2.24, 2.45) is 0 Å². The Morgan fingerprint density at radius 3 is 2.48 bits per heavy atom. The molecule has 0 aliphatic rings. The second-order valence-corrected chi connectivity index (χ2v) is 5.76. The molecule has 0 saturated heterocycles. The Morgan fingerprint density at radius 1 is 1.26 bits per heavy atom. The molecule has 23 heavy (non-hydrogen) atoms. The molecule has 2 N–H and O–H groups in total. The Hall–Kier alpha value is -2.67. The average Bonchev–Trinajstić information content (AvgIpc) is 2.44. The fourth-order valence-corrected chi connectivity index (χ4v) is 2.40. The summed E-state index contributed by atoms with van der Waals surface area (Å²) in [5.74, 6) is -1.33. The number of benzene rings is 1. The summed E-state index contributed by atoms with van der Waals surface area (Å²) in [6.45, 7) is 3.76. The van der Waals surface area contributed by atoms with Gasteiger partial charge in [-0.05, 0) is 45.1 Å². The summed E-state index contributed by atoms with van der Waals surface area (Å²) in [5.41, 5.74) is 0.402. The number of aryl methyl sites for hydroxylation is 2. The quantitative estimate of drug-likeness (QED) is 0.873. The van der Waals surface area contributed by atoms with Crippen LogP contribution >= 0.6 is 0 Å². The monoisotopic (exact) mass is 317 g/mol. The third-order valence-corrected chi connectivity index (χ3v) is 3.49. The Balaban J connectivity index is 2.85. The molecular weight excluding hydrogens is 298 g/mol. The zero-order chi connectivity index (χ0) is 17.3. The molecule has 0 bridgehead atoms. The molecule has 0 radical (unpaired) electrons. The van der Waals surface area contributed by atoms with E-state index in [1.54, 1.807) is 32.0 Å². The number of hydrogen-bond donors (Lipinski definition) is 2. The molecule has 2 rings (SSSR count). The van der Waals surface area contributed by atoms with Gasteiger partial charge in [0.15, 0.2) is 0 Å². The lowest BCUT2D eigenvalue weighted by molar-refractivity contribution is 0.0687. The maximum Gasteiger partial charge on any atom is 0.352 e. The van der Waals surface area contributed by atoms with Gasteiger partial charge < -0.3 is 15.0 Å². The molecule has 1 aromatic heterocycles. The highest BCUT2D eigenvalue weighted by Crippen LogP contribution is 2.13. The third kappa shape index (κ3) is 3.24. The number of carboxylic acids is 1. The molecule has 0 unspecified atom stereocenters. The van der Waals surface area contributed by atoms with Crippen molar-refractivity contribution in [2.75, 3.05) is 14.1 Å². The van der Waals surface area contributed by atoms with E-state index in [4.69, 9.17) is 0 Å². The van der Waals surface area contributed by atoms with Crippen molar-refractivity contribution in [3.8, 4) is 5.69 Å². The number of H-pyrrole nitrogens is 1. The van der Waals surface area contributed by atoms with E-state index in [1.807, 2.05) is 19.1 Å². The predicted molar refractivity (Wildman–Crippen MR) is 86.5 cm³/mol. The highest BCUT2D eigenvalue weighted by Gasteiger charge is 2.20. The van der Waals surface area contributed by atoms with E-state index in [1.165, 1.54) is 0 Å². The lowest BCUT2D eigenvalue weighted by Gasteiger charge is -2.15. The second kappa shape index (κ2) is 6.21. The number of aromatic carboxylic acids is 1. The molecule has 0 aliphatic heterocycles. The van der Waals surface area contributed by atoms with Gasteiger partial charge in [-0.3, -0.25) is 4.79 Å². The lowest BCUT2D eigenvalue weighted by atomic mass is 10.1. The Morgan fingerprint density at radius 2 is 1.91 bits per heavy atom. The van der Waals surface area contributed by atoms with Gasteiger partial charge in [0.2, 0.25) is 0 Å². The van der Waals surface area contributed by atoms with Crippen molar-refractivity contribution in [3.05, 3.63) is 61.4 Å². The van der Waals surface area contributed by atoms with Crippen LogP contribution in [0.15, 0.2) is 27.8 Å². The van der Waals surface area contributed by atoms with Gasteiger partial charge in [0.1, 0.15) is 5.69 Å². The zero-order valence-electron chi connectivity index (χ0n) is 13.5. The number of nitrogens with one attached hydrogen (secondary N) is 1. The number of nitrogens with zero attached hydrogens (tertiary/aromatic N) is 2. The van der Waals surface area contributed by atoms with Crippen LogP contribution in [0.2, 0.25) is 0 Å². The van der Waals surface area contributed by atoms with E-state index in [0.717, 1.165) is 15.7 Å². The van der Waals surface area contributed by atoms with Crippen molar-refractivity contribution in [1.29, 1.82) is 0 Å². The first kappa shape index (κ1) is 16.7. The van der Waals surface area contributed by atoms with Crippen LogP contribution in [-0.4, -0.2) is 39.6 Å². The number of carboxylic acid groups (broad SMARTS) is 1. The first-order valence-electron chi connectivity index (χ1n) is 7.06. The average molecular weight is 317 g/mol. The van der Waals surface area contributed by atoms with Gasteiger partial charge in [-0.25, -0.2) is 14.2 Å². The summed E-state index contributed by atoms with van der Waals surface area (Å²) in [7, 11) is 3.44. The highest BCUT2D eigenvalue weighted by molar-refractivity contribution is 5.86. The standard InChI is InChI=1S/C16H19N3O4/c1-9-5-6-10(2)12(7-9)19-14(20)11(8-18(3)4)13(15(21)22)17-16(19)23/h5-7H,8H2,1-4H3,(H,17,23)(H,21,22). The fraction of sp³-hybridized carbons (Fsp3) is 0.312. The molecule has 7 nitrogen and oxygen atoms in total. The Kier molecular flexibility index (Phi) is 4.51. The van der Waals surface area contributed by atoms with Crippen LogP contribution in [0, 0.1) is 13.8 Å². The van der Waals surface area contributed by atoms with E-state index in [0.29, 0.717) is 5.69 Å². The highest BCUT2D eigenvalue weighted by atomic mass is 16.4. The van der Waals surface area contributed by atoms with Crippen molar-refractivity contribution in [1.82, 2.24) is 14.5 Å². The molecule has 1 heterocycles. The predicted octanol–water partition coefficient (Wildman–Crippen LogP) is 0.902. The van der Waals surface area contributed by atoms with Gasteiger partial charge in [-0.2, -0.15) is 0 Å². The van der Waals surface area contributed by atoms with Gasteiger partial charge in [0.05, 0.1) is 11.3 Å². The zero-order valence-corrected chi connectivity index (χ0v) is 13.5. The maximum atomic E-state index is 12.8. The fourth-order valence-electron chi connectivity index (χ4n) is 2.40. The number of rotatable bonds is 4. The number of aromatic amines is 1. The van der Waals surface area contributed by atoms with Crippen molar-refractivity contribution < 1.29 is 9.90 Å². The summed E-state index contributed by atoms with van der Waals surface area (Å²) in [6, 6.07) is 5.42. The Labute approximate surface area is 132 Å². The topological polar surface area (TPSA) is 95.4 Å². The molecule has 0 saturated carbocycles. The van der Waals surface area contributed by atoms with E-state index >= 15 is 0 Å². The summed E-state index contributed by atoms with van der Waals surface area (Å²) in [6.07, 6.45) is 0. The SMILES string of the molecule is Cc1ccc(C)c(-n2c(=O)[nH]c(C(=O)O)c(CN(C)C)c2=O)c1. The lowest BCUT2D eigenvalue weighted by Crippen LogP contribution is -2.40. The van der Waals surface area contributed by atoms with Crippen LogP contribution in [0.4, 0.5) is 0 Å². The number of carbonyl (C=O) groups is 1. The minimum atomic E-state index is -1.33. The summed E-state index contributed by atoms with van der Waals surface area (Å²) in [5, 5.41) is 9.25. The largest absolute Gasteiger partial charge is 0.477 e. The molecule has 1 aromatic carbocycles. The first-order chi connectivity index (χ1) is 10.7. The van der Waals surface area contributed by atoms with Crippen molar-refractivity contribution in [2.45, 2.75) is 20.4 Å². The van der Waals surface area contributed by atoms with Crippen LogP contribution in [0.1, 0.15) is 27.2 Å². The van der Waals surface area contributed by atoms with E-state index in [9.17, 15) is 19.5 Å². The molecule has 0 atom stereocenters. The van der Waals surface area contributed by atoms with E-state index < -0.39 is 17.2 Å². The first-order valence-corrected chi connectivity index (χ1v) is 7.06. The van der Waals surface area contributed by atoms with Crippen LogP contribution in [0.5, 0.6) is 0 Å². The number of hydrogen-bond acceptors (Lipinski definition) is 4. The second-order valence-electron chi connectivity index (χ2n) is 5.76. The summed E-state index contributed by atoms with van der Waals surface area (Å²) < 4.78 is 0.994. The third-order valence-electron chi connectivity index (χ3n) is 3.49. The molecular formula is C16H19N3O4. The molecule has 0 spiro atoms. The van der Waals surface area contributed by atoms with Crippen molar-refractivity contribution >= 4 is 5.97 Å². The Bertz CT molecular complexity index is 878. The normalized spacial score (nSPS) is 11.0. The minimum Gasteiger partial charge on any atom is -0.477 e. The van der Waals surface area contributed by atoms with Crippen LogP contribution in [-0.2, 0) is 6.54 Å². The van der Waals surface area contributed by atoms with Gasteiger partial charge in [0.25, 0.3) is 5.56 Å². The smallest absolute Gasteiger partial charge is 0.352 e. The molecule has 0 fully saturated rings. The molecule has 2 aromatic rings.